The smallest absolute Gasteiger partial charge is 0.248 e. The normalized spacial score (nSPS) is 11.3. The summed E-state index contributed by atoms with van der Waals surface area (Å²) in [6.45, 7) is 4.55. The summed E-state index contributed by atoms with van der Waals surface area (Å²) in [5.41, 5.74) is 4.09. The number of hydrogen-bond acceptors (Lipinski definition) is 4. The van der Waals surface area contributed by atoms with E-state index in [2.05, 4.69) is 10.3 Å². The maximum Gasteiger partial charge on any atom is 0.248 e. The summed E-state index contributed by atoms with van der Waals surface area (Å²) in [6, 6.07) is 23.1. The zero-order valence-corrected chi connectivity index (χ0v) is 17.5. The van der Waals surface area contributed by atoms with Crippen molar-refractivity contribution >= 4 is 28.8 Å². The Hall–Kier alpha value is -3.86. The second-order valence-corrected chi connectivity index (χ2v) is 7.56. The highest BCUT2D eigenvalue weighted by molar-refractivity contribution is 6.02. The number of fused-ring (bicyclic) bond motifs is 1. The molecule has 0 radical (unpaired) electrons. The standard InChI is InChI=1S/C26H24N2O3/c1-18(2)26-28-23-13-12-21(16-24(23)31-26)27-25(29)14-11-19-9-6-10-22(15-19)30-17-20-7-4-3-5-8-20/h3-16,18H,17H2,1-2H3,(H,27,29)/b14-11+. The van der Waals surface area contributed by atoms with Gasteiger partial charge in [0.2, 0.25) is 5.91 Å². The molecule has 0 saturated heterocycles. The van der Waals surface area contributed by atoms with Gasteiger partial charge in [-0.1, -0.05) is 56.3 Å². The maximum absolute atomic E-state index is 12.4. The van der Waals surface area contributed by atoms with Crippen molar-refractivity contribution in [3.63, 3.8) is 0 Å². The SMILES string of the molecule is CC(C)c1nc2ccc(NC(=O)/C=C/c3cccc(OCc4ccccc4)c3)cc2o1. The van der Waals surface area contributed by atoms with Gasteiger partial charge in [-0.05, 0) is 41.5 Å². The Bertz CT molecular complexity index is 1210. The average molecular weight is 412 g/mol. The van der Waals surface area contributed by atoms with E-state index in [9.17, 15) is 4.79 Å². The van der Waals surface area contributed by atoms with Gasteiger partial charge in [0.1, 0.15) is 17.9 Å². The van der Waals surface area contributed by atoms with Crippen LogP contribution in [0.1, 0.15) is 36.8 Å². The lowest BCUT2D eigenvalue weighted by atomic mass is 10.2. The molecule has 1 N–H and O–H groups in total. The van der Waals surface area contributed by atoms with Crippen LogP contribution in [0.3, 0.4) is 0 Å². The van der Waals surface area contributed by atoms with Crippen molar-refractivity contribution in [1.29, 1.82) is 0 Å². The number of ether oxygens (including phenoxy) is 1. The number of nitrogens with zero attached hydrogens (tertiary/aromatic N) is 1. The molecule has 1 heterocycles. The lowest BCUT2D eigenvalue weighted by molar-refractivity contribution is -0.111. The summed E-state index contributed by atoms with van der Waals surface area (Å²) < 4.78 is 11.6. The molecule has 1 amide bonds. The van der Waals surface area contributed by atoms with Crippen molar-refractivity contribution in [3.8, 4) is 5.75 Å². The minimum atomic E-state index is -0.224. The molecule has 0 unspecified atom stereocenters. The monoisotopic (exact) mass is 412 g/mol. The minimum Gasteiger partial charge on any atom is -0.489 e. The van der Waals surface area contributed by atoms with E-state index in [1.165, 1.54) is 6.08 Å². The van der Waals surface area contributed by atoms with E-state index in [0.29, 0.717) is 23.8 Å². The van der Waals surface area contributed by atoms with Crippen LogP contribution in [0.2, 0.25) is 0 Å². The minimum absolute atomic E-state index is 0.209. The number of carbonyl (C=O) groups is 1. The van der Waals surface area contributed by atoms with Crippen LogP contribution in [0.25, 0.3) is 17.2 Å². The highest BCUT2D eigenvalue weighted by Crippen LogP contribution is 2.24. The zero-order valence-electron chi connectivity index (χ0n) is 17.5. The lowest BCUT2D eigenvalue weighted by Crippen LogP contribution is -2.07. The van der Waals surface area contributed by atoms with Gasteiger partial charge in [-0.15, -0.1) is 0 Å². The van der Waals surface area contributed by atoms with E-state index >= 15 is 0 Å². The largest absolute Gasteiger partial charge is 0.489 e. The fourth-order valence-electron chi connectivity index (χ4n) is 3.07. The topological polar surface area (TPSA) is 64.4 Å². The average Bonchev–Trinajstić information content (AvgIpc) is 3.21. The third kappa shape index (κ3) is 5.39. The van der Waals surface area contributed by atoms with Crippen LogP contribution in [0.5, 0.6) is 5.75 Å². The summed E-state index contributed by atoms with van der Waals surface area (Å²) in [5.74, 6) is 1.43. The predicted octanol–water partition coefficient (Wildman–Crippen LogP) is 6.18. The highest BCUT2D eigenvalue weighted by Gasteiger charge is 2.10. The molecule has 0 atom stereocenters. The Balaban J connectivity index is 1.38. The molecule has 4 aromatic rings. The van der Waals surface area contributed by atoms with Crippen LogP contribution in [-0.4, -0.2) is 10.9 Å². The van der Waals surface area contributed by atoms with E-state index < -0.39 is 0 Å². The molecule has 5 nitrogen and oxygen atoms in total. The molecule has 3 aromatic carbocycles. The molecule has 4 rings (SSSR count). The third-order valence-electron chi connectivity index (χ3n) is 4.70. The number of nitrogens with one attached hydrogen (secondary N) is 1. The van der Waals surface area contributed by atoms with Crippen molar-refractivity contribution < 1.29 is 13.9 Å². The number of benzene rings is 3. The van der Waals surface area contributed by atoms with Crippen LogP contribution in [0.4, 0.5) is 5.69 Å². The Labute approximate surface area is 181 Å². The first-order valence-electron chi connectivity index (χ1n) is 10.2. The van der Waals surface area contributed by atoms with Gasteiger partial charge in [-0.3, -0.25) is 4.79 Å². The molecule has 0 aliphatic rings. The molecule has 5 heteroatoms. The summed E-state index contributed by atoms with van der Waals surface area (Å²) >= 11 is 0. The fraction of sp³-hybridized carbons (Fsp3) is 0.154. The van der Waals surface area contributed by atoms with Crippen LogP contribution in [0, 0.1) is 0 Å². The van der Waals surface area contributed by atoms with Crippen molar-refractivity contribution in [3.05, 3.63) is 95.9 Å². The highest BCUT2D eigenvalue weighted by atomic mass is 16.5. The van der Waals surface area contributed by atoms with Gasteiger partial charge in [0.25, 0.3) is 0 Å². The van der Waals surface area contributed by atoms with Gasteiger partial charge >= 0.3 is 0 Å². The van der Waals surface area contributed by atoms with E-state index in [1.807, 2.05) is 80.6 Å². The van der Waals surface area contributed by atoms with E-state index in [4.69, 9.17) is 9.15 Å². The second kappa shape index (κ2) is 9.30. The van der Waals surface area contributed by atoms with Crippen LogP contribution >= 0.6 is 0 Å². The molecule has 0 bridgehead atoms. The Morgan fingerprint density at radius 2 is 1.90 bits per heavy atom. The number of rotatable bonds is 7. The summed E-state index contributed by atoms with van der Waals surface area (Å²) in [6.07, 6.45) is 3.26. The Kier molecular flexibility index (Phi) is 6.13. The van der Waals surface area contributed by atoms with Gasteiger partial charge < -0.3 is 14.5 Å². The number of amides is 1. The Morgan fingerprint density at radius 3 is 2.71 bits per heavy atom. The van der Waals surface area contributed by atoms with Gasteiger partial charge in [0.15, 0.2) is 11.5 Å². The first-order chi connectivity index (χ1) is 15.1. The zero-order chi connectivity index (χ0) is 21.6. The first-order valence-corrected chi connectivity index (χ1v) is 10.2. The van der Waals surface area contributed by atoms with E-state index in [1.54, 1.807) is 12.1 Å². The van der Waals surface area contributed by atoms with E-state index in [0.717, 1.165) is 22.4 Å². The van der Waals surface area contributed by atoms with Crippen molar-refractivity contribution in [2.75, 3.05) is 5.32 Å². The molecule has 0 aliphatic heterocycles. The summed E-state index contributed by atoms with van der Waals surface area (Å²) in [5, 5.41) is 2.86. The summed E-state index contributed by atoms with van der Waals surface area (Å²) in [7, 11) is 0. The van der Waals surface area contributed by atoms with E-state index in [-0.39, 0.29) is 11.8 Å². The van der Waals surface area contributed by atoms with Crippen molar-refractivity contribution in [2.45, 2.75) is 26.4 Å². The first kappa shape index (κ1) is 20.4. The molecule has 0 aliphatic carbocycles. The maximum atomic E-state index is 12.4. The molecular weight excluding hydrogens is 388 g/mol. The number of carbonyl (C=O) groups excluding carboxylic acids is 1. The number of oxazole rings is 1. The molecule has 31 heavy (non-hydrogen) atoms. The Morgan fingerprint density at radius 1 is 1.06 bits per heavy atom. The molecule has 156 valence electrons. The van der Waals surface area contributed by atoms with Crippen LogP contribution in [-0.2, 0) is 11.4 Å². The second-order valence-electron chi connectivity index (χ2n) is 7.56. The van der Waals surface area contributed by atoms with Crippen molar-refractivity contribution in [1.82, 2.24) is 4.98 Å². The van der Waals surface area contributed by atoms with Crippen LogP contribution in [0.15, 0.2) is 83.3 Å². The quantitative estimate of drug-likeness (QED) is 0.368. The number of anilines is 1. The van der Waals surface area contributed by atoms with Gasteiger partial charge in [0, 0.05) is 23.7 Å². The van der Waals surface area contributed by atoms with Crippen molar-refractivity contribution in [2.24, 2.45) is 0 Å². The van der Waals surface area contributed by atoms with Crippen LogP contribution < -0.4 is 10.1 Å². The fourth-order valence-corrected chi connectivity index (χ4v) is 3.07. The molecule has 1 aromatic heterocycles. The van der Waals surface area contributed by atoms with Gasteiger partial charge in [0.05, 0.1) is 0 Å². The lowest BCUT2D eigenvalue weighted by Gasteiger charge is -2.07. The molecular formula is C26H24N2O3. The molecule has 0 spiro atoms. The van der Waals surface area contributed by atoms with Gasteiger partial charge in [-0.2, -0.15) is 0 Å². The molecule has 0 saturated carbocycles. The number of hydrogen-bond donors (Lipinski definition) is 1. The van der Waals surface area contributed by atoms with Gasteiger partial charge in [-0.25, -0.2) is 4.98 Å². The number of aromatic nitrogens is 1. The molecule has 0 fully saturated rings. The summed E-state index contributed by atoms with van der Waals surface area (Å²) in [4.78, 5) is 16.8. The predicted molar refractivity (Wildman–Crippen MR) is 123 cm³/mol. The third-order valence-corrected chi connectivity index (χ3v) is 4.70.